The average molecular weight is 212 g/mol. The van der Waals surface area contributed by atoms with E-state index in [2.05, 4.69) is 67.9 Å². The molecule has 1 aromatic rings. The predicted octanol–water partition coefficient (Wildman–Crippen LogP) is 3.39. The molecule has 0 atom stereocenters. The van der Waals surface area contributed by atoms with Crippen LogP contribution in [0.2, 0.25) is 0 Å². The molecular weight excluding hydrogens is 194 g/mol. The van der Waals surface area contributed by atoms with Crippen LogP contribution in [0, 0.1) is 6.42 Å². The highest BCUT2D eigenvalue weighted by Crippen LogP contribution is 2.18. The molecule has 0 aromatic heterocycles. The summed E-state index contributed by atoms with van der Waals surface area (Å²) in [5, 5.41) is 0. The summed E-state index contributed by atoms with van der Waals surface area (Å²) in [6, 6.07) is 8.77. The average Bonchev–Trinajstić information content (AvgIpc) is 2.31. The van der Waals surface area contributed by atoms with Crippen molar-refractivity contribution in [1.29, 1.82) is 0 Å². The first-order valence-corrected chi connectivity index (χ1v) is 5.71. The summed E-state index contributed by atoms with van der Waals surface area (Å²) in [6.07, 6.45) is 10.9. The second kappa shape index (κ2) is 5.02. The quantitative estimate of drug-likeness (QED) is 0.742. The van der Waals surface area contributed by atoms with Gasteiger partial charge >= 0.3 is 0 Å². The largest absolute Gasteiger partial charge is 0.378 e. The zero-order valence-corrected chi connectivity index (χ0v) is 9.98. The Kier molecular flexibility index (Phi) is 3.45. The SMILES string of the molecule is CN(C)c1ccc(CC2=CC=CC[CH]2)cc1. The number of allylic oxidation sites excluding steroid dienone is 4. The monoisotopic (exact) mass is 212 g/mol. The molecule has 1 aliphatic rings. The first-order chi connectivity index (χ1) is 7.75. The first kappa shape index (κ1) is 11.0. The molecule has 0 heterocycles. The van der Waals surface area contributed by atoms with Gasteiger partial charge in [0.1, 0.15) is 0 Å². The lowest BCUT2D eigenvalue weighted by Gasteiger charge is -2.13. The van der Waals surface area contributed by atoms with Crippen LogP contribution in [-0.2, 0) is 6.42 Å². The first-order valence-electron chi connectivity index (χ1n) is 5.71. The molecule has 1 radical (unpaired) electrons. The van der Waals surface area contributed by atoms with Crippen molar-refractivity contribution < 1.29 is 0 Å². The Balaban J connectivity index is 2.05. The lowest BCUT2D eigenvalue weighted by Crippen LogP contribution is -2.08. The van der Waals surface area contributed by atoms with Crippen LogP contribution in [0.5, 0.6) is 0 Å². The molecule has 0 spiro atoms. The van der Waals surface area contributed by atoms with Gasteiger partial charge in [-0.25, -0.2) is 0 Å². The number of rotatable bonds is 3. The third-order valence-corrected chi connectivity index (χ3v) is 2.82. The topological polar surface area (TPSA) is 3.24 Å². The maximum atomic E-state index is 2.29. The van der Waals surface area contributed by atoms with E-state index < -0.39 is 0 Å². The molecule has 0 bridgehead atoms. The molecule has 0 saturated carbocycles. The zero-order valence-electron chi connectivity index (χ0n) is 9.98. The predicted molar refractivity (Wildman–Crippen MR) is 70.6 cm³/mol. The standard InChI is InChI=1S/C15H18N/c1-16(2)15-10-8-14(9-11-15)12-13-6-4-3-5-7-13/h3-4,6-11H,5,12H2,1-2H3. The minimum Gasteiger partial charge on any atom is -0.378 e. The lowest BCUT2D eigenvalue weighted by atomic mass is 9.97. The summed E-state index contributed by atoms with van der Waals surface area (Å²) >= 11 is 0. The Bertz CT molecular complexity index is 396. The summed E-state index contributed by atoms with van der Waals surface area (Å²) in [5.41, 5.74) is 4.05. The molecule has 83 valence electrons. The van der Waals surface area contributed by atoms with E-state index in [-0.39, 0.29) is 0 Å². The number of hydrogen-bond acceptors (Lipinski definition) is 1. The van der Waals surface area contributed by atoms with Gasteiger partial charge in [0, 0.05) is 19.8 Å². The fraction of sp³-hybridized carbons (Fsp3) is 0.267. The van der Waals surface area contributed by atoms with Crippen LogP contribution in [0.15, 0.2) is 48.1 Å². The van der Waals surface area contributed by atoms with Crippen molar-refractivity contribution in [3.63, 3.8) is 0 Å². The van der Waals surface area contributed by atoms with Crippen LogP contribution in [0.4, 0.5) is 5.69 Å². The second-order valence-electron chi connectivity index (χ2n) is 4.35. The number of benzene rings is 1. The van der Waals surface area contributed by atoms with Gasteiger partial charge in [0.25, 0.3) is 0 Å². The van der Waals surface area contributed by atoms with Crippen molar-refractivity contribution in [2.75, 3.05) is 19.0 Å². The third-order valence-electron chi connectivity index (χ3n) is 2.82. The van der Waals surface area contributed by atoms with Crippen molar-refractivity contribution in [2.45, 2.75) is 12.8 Å². The van der Waals surface area contributed by atoms with E-state index in [1.807, 2.05) is 0 Å². The molecule has 1 aliphatic carbocycles. The van der Waals surface area contributed by atoms with Crippen LogP contribution in [0.3, 0.4) is 0 Å². The van der Waals surface area contributed by atoms with E-state index >= 15 is 0 Å². The van der Waals surface area contributed by atoms with Gasteiger partial charge in [-0.1, -0.05) is 35.9 Å². The van der Waals surface area contributed by atoms with Gasteiger partial charge in [-0.2, -0.15) is 0 Å². The third kappa shape index (κ3) is 2.75. The van der Waals surface area contributed by atoms with Gasteiger partial charge in [0.15, 0.2) is 0 Å². The second-order valence-corrected chi connectivity index (χ2v) is 4.35. The van der Waals surface area contributed by atoms with Crippen molar-refractivity contribution in [1.82, 2.24) is 0 Å². The highest BCUT2D eigenvalue weighted by Gasteiger charge is 2.02. The Hall–Kier alpha value is -1.50. The number of nitrogens with zero attached hydrogens (tertiary/aromatic N) is 1. The summed E-state index contributed by atoms with van der Waals surface area (Å²) in [4.78, 5) is 2.12. The Labute approximate surface area is 98.1 Å². The molecule has 0 saturated heterocycles. The van der Waals surface area contributed by atoms with Crippen molar-refractivity contribution in [3.05, 3.63) is 60.1 Å². The maximum Gasteiger partial charge on any atom is 0.0361 e. The minimum absolute atomic E-state index is 1.04. The van der Waals surface area contributed by atoms with Crippen LogP contribution >= 0.6 is 0 Å². The minimum atomic E-state index is 1.04. The van der Waals surface area contributed by atoms with Gasteiger partial charge in [0.05, 0.1) is 0 Å². The molecule has 0 amide bonds. The Morgan fingerprint density at radius 1 is 1.12 bits per heavy atom. The summed E-state index contributed by atoms with van der Waals surface area (Å²) in [5.74, 6) is 0. The maximum absolute atomic E-state index is 2.29. The van der Waals surface area contributed by atoms with Gasteiger partial charge in [0.2, 0.25) is 0 Å². The van der Waals surface area contributed by atoms with Gasteiger partial charge in [-0.05, 0) is 37.0 Å². The summed E-state index contributed by atoms with van der Waals surface area (Å²) < 4.78 is 0. The van der Waals surface area contributed by atoms with Crippen molar-refractivity contribution in [2.24, 2.45) is 0 Å². The molecule has 1 heteroatoms. The van der Waals surface area contributed by atoms with Crippen LogP contribution in [-0.4, -0.2) is 14.1 Å². The van der Waals surface area contributed by atoms with E-state index in [9.17, 15) is 0 Å². The molecular formula is C15H18N. The molecule has 0 unspecified atom stereocenters. The van der Waals surface area contributed by atoms with E-state index in [0.717, 1.165) is 12.8 Å². The van der Waals surface area contributed by atoms with Crippen LogP contribution < -0.4 is 4.90 Å². The normalized spacial score (nSPS) is 14.8. The van der Waals surface area contributed by atoms with Gasteiger partial charge < -0.3 is 4.90 Å². The molecule has 0 fully saturated rings. The van der Waals surface area contributed by atoms with Crippen molar-refractivity contribution in [3.8, 4) is 0 Å². The molecule has 1 aromatic carbocycles. The Morgan fingerprint density at radius 3 is 2.44 bits per heavy atom. The summed E-state index contributed by atoms with van der Waals surface area (Å²) in [6.45, 7) is 0. The molecule has 0 N–H and O–H groups in total. The van der Waals surface area contributed by atoms with E-state index in [1.54, 1.807) is 0 Å². The van der Waals surface area contributed by atoms with E-state index in [4.69, 9.17) is 0 Å². The molecule has 2 rings (SSSR count). The zero-order chi connectivity index (χ0) is 11.4. The van der Waals surface area contributed by atoms with E-state index in [0.29, 0.717) is 0 Å². The van der Waals surface area contributed by atoms with Gasteiger partial charge in [-0.3, -0.25) is 0 Å². The van der Waals surface area contributed by atoms with E-state index in [1.165, 1.54) is 16.8 Å². The highest BCUT2D eigenvalue weighted by molar-refractivity contribution is 5.47. The fourth-order valence-electron chi connectivity index (χ4n) is 1.84. The van der Waals surface area contributed by atoms with Crippen molar-refractivity contribution >= 4 is 5.69 Å². The van der Waals surface area contributed by atoms with Gasteiger partial charge in [-0.15, -0.1) is 0 Å². The van der Waals surface area contributed by atoms with Crippen LogP contribution in [0.1, 0.15) is 12.0 Å². The molecule has 16 heavy (non-hydrogen) atoms. The highest BCUT2D eigenvalue weighted by atomic mass is 15.1. The number of anilines is 1. The Morgan fingerprint density at radius 2 is 1.88 bits per heavy atom. The lowest BCUT2D eigenvalue weighted by molar-refractivity contribution is 1.07. The number of hydrogen-bond donors (Lipinski definition) is 0. The fourth-order valence-corrected chi connectivity index (χ4v) is 1.84. The van der Waals surface area contributed by atoms with Crippen LogP contribution in [0.25, 0.3) is 0 Å². The molecule has 0 aliphatic heterocycles. The molecule has 1 nitrogen and oxygen atoms in total. The smallest absolute Gasteiger partial charge is 0.0361 e. The summed E-state index contributed by atoms with van der Waals surface area (Å²) in [7, 11) is 4.13.